The molecule has 0 aromatic heterocycles. The maximum absolute atomic E-state index is 12.1. The van der Waals surface area contributed by atoms with Crippen molar-refractivity contribution in [1.82, 2.24) is 15.2 Å². The highest BCUT2D eigenvalue weighted by molar-refractivity contribution is 5.83. The Bertz CT molecular complexity index is 451. The molecular formula is C16H26N4O. The van der Waals surface area contributed by atoms with Crippen LogP contribution in [0.1, 0.15) is 24.8 Å². The van der Waals surface area contributed by atoms with Crippen molar-refractivity contribution in [3.8, 4) is 0 Å². The Labute approximate surface area is 127 Å². The molecule has 1 saturated heterocycles. The minimum atomic E-state index is -0.211. The molecule has 1 aliphatic heterocycles. The average Bonchev–Trinajstić information content (AvgIpc) is 2.54. The van der Waals surface area contributed by atoms with Gasteiger partial charge in [0.05, 0.1) is 5.92 Å². The number of carbonyl (C=O) groups is 1. The molecule has 1 amide bonds. The SMILES string of the molecule is CCC1CN(CC(C(=O)NN)c2ccccc2)CCN1C. The summed E-state index contributed by atoms with van der Waals surface area (Å²) in [6.07, 6.45) is 1.13. The summed E-state index contributed by atoms with van der Waals surface area (Å²) in [6, 6.07) is 10.4. The highest BCUT2D eigenvalue weighted by Crippen LogP contribution is 2.20. The lowest BCUT2D eigenvalue weighted by Gasteiger charge is -2.40. The first-order valence-corrected chi connectivity index (χ1v) is 7.63. The van der Waals surface area contributed by atoms with E-state index in [0.717, 1.165) is 38.2 Å². The van der Waals surface area contributed by atoms with E-state index < -0.39 is 0 Å². The van der Waals surface area contributed by atoms with Crippen LogP contribution in [0.5, 0.6) is 0 Å². The number of piperazine rings is 1. The molecule has 3 N–H and O–H groups in total. The largest absolute Gasteiger partial charge is 0.301 e. The molecule has 1 aliphatic rings. The fourth-order valence-electron chi connectivity index (χ4n) is 3.00. The lowest BCUT2D eigenvalue weighted by atomic mass is 9.97. The van der Waals surface area contributed by atoms with E-state index in [1.807, 2.05) is 30.3 Å². The van der Waals surface area contributed by atoms with Gasteiger partial charge in [-0.2, -0.15) is 0 Å². The van der Waals surface area contributed by atoms with Gasteiger partial charge in [0.15, 0.2) is 0 Å². The van der Waals surface area contributed by atoms with Crippen molar-refractivity contribution in [2.75, 3.05) is 33.2 Å². The third-order valence-electron chi connectivity index (χ3n) is 4.43. The average molecular weight is 290 g/mol. The number of carbonyl (C=O) groups excluding carboxylic acids is 1. The number of hydrazine groups is 1. The highest BCUT2D eigenvalue weighted by Gasteiger charge is 2.28. The van der Waals surface area contributed by atoms with E-state index in [1.54, 1.807) is 0 Å². The van der Waals surface area contributed by atoms with E-state index >= 15 is 0 Å². The number of nitrogens with zero attached hydrogens (tertiary/aromatic N) is 2. The van der Waals surface area contributed by atoms with Gasteiger partial charge in [0.1, 0.15) is 0 Å². The van der Waals surface area contributed by atoms with E-state index in [4.69, 9.17) is 5.84 Å². The monoisotopic (exact) mass is 290 g/mol. The number of nitrogens with one attached hydrogen (secondary N) is 1. The quantitative estimate of drug-likeness (QED) is 0.478. The summed E-state index contributed by atoms with van der Waals surface area (Å²) >= 11 is 0. The van der Waals surface area contributed by atoms with Crippen LogP contribution in [0.15, 0.2) is 30.3 Å². The van der Waals surface area contributed by atoms with E-state index in [9.17, 15) is 4.79 Å². The van der Waals surface area contributed by atoms with Gasteiger partial charge in [-0.05, 0) is 19.0 Å². The highest BCUT2D eigenvalue weighted by atomic mass is 16.2. The van der Waals surface area contributed by atoms with Crippen LogP contribution in [-0.4, -0.2) is 55.0 Å². The molecule has 2 unspecified atom stereocenters. The maximum atomic E-state index is 12.1. The topological polar surface area (TPSA) is 61.6 Å². The smallest absolute Gasteiger partial charge is 0.242 e. The molecule has 0 spiro atoms. The Morgan fingerprint density at radius 1 is 1.38 bits per heavy atom. The van der Waals surface area contributed by atoms with Gasteiger partial charge in [-0.3, -0.25) is 15.1 Å². The maximum Gasteiger partial charge on any atom is 0.242 e. The van der Waals surface area contributed by atoms with Crippen LogP contribution in [0.2, 0.25) is 0 Å². The Hall–Kier alpha value is -1.43. The van der Waals surface area contributed by atoms with Crippen LogP contribution in [0.4, 0.5) is 0 Å². The zero-order chi connectivity index (χ0) is 15.2. The van der Waals surface area contributed by atoms with Gasteiger partial charge in [0, 0.05) is 32.2 Å². The molecular weight excluding hydrogens is 264 g/mol. The number of hydrogen-bond donors (Lipinski definition) is 2. The van der Waals surface area contributed by atoms with Gasteiger partial charge in [-0.1, -0.05) is 37.3 Å². The normalized spacial score (nSPS) is 22.0. The van der Waals surface area contributed by atoms with E-state index in [0.29, 0.717) is 6.04 Å². The molecule has 1 aromatic rings. The summed E-state index contributed by atoms with van der Waals surface area (Å²) < 4.78 is 0. The second kappa shape index (κ2) is 7.54. The van der Waals surface area contributed by atoms with Gasteiger partial charge < -0.3 is 4.90 Å². The van der Waals surface area contributed by atoms with Gasteiger partial charge in [-0.15, -0.1) is 0 Å². The predicted molar refractivity (Wildman–Crippen MR) is 84.7 cm³/mol. The van der Waals surface area contributed by atoms with E-state index in [1.165, 1.54) is 0 Å². The fourth-order valence-corrected chi connectivity index (χ4v) is 3.00. The third-order valence-corrected chi connectivity index (χ3v) is 4.43. The predicted octanol–water partition coefficient (Wildman–Crippen LogP) is 0.786. The Morgan fingerprint density at radius 3 is 2.71 bits per heavy atom. The zero-order valence-corrected chi connectivity index (χ0v) is 13.0. The van der Waals surface area contributed by atoms with Crippen LogP contribution in [0, 0.1) is 0 Å². The van der Waals surface area contributed by atoms with Crippen molar-refractivity contribution >= 4 is 5.91 Å². The molecule has 0 bridgehead atoms. The Kier molecular flexibility index (Phi) is 5.73. The summed E-state index contributed by atoms with van der Waals surface area (Å²) in [5, 5.41) is 0. The number of likely N-dealkylation sites (N-methyl/N-ethyl adjacent to an activating group) is 1. The number of hydrogen-bond acceptors (Lipinski definition) is 4. The van der Waals surface area contributed by atoms with Gasteiger partial charge in [0.2, 0.25) is 5.91 Å². The number of nitrogens with two attached hydrogens (primary N) is 1. The molecule has 1 fully saturated rings. The van der Waals surface area contributed by atoms with E-state index in [-0.39, 0.29) is 11.8 Å². The first-order valence-electron chi connectivity index (χ1n) is 7.63. The molecule has 0 saturated carbocycles. The molecule has 1 aromatic carbocycles. The van der Waals surface area contributed by atoms with Crippen LogP contribution in [0.25, 0.3) is 0 Å². The molecule has 5 heteroatoms. The first kappa shape index (κ1) is 15.9. The summed E-state index contributed by atoms with van der Waals surface area (Å²) in [5.74, 6) is 5.04. The van der Waals surface area contributed by atoms with Crippen molar-refractivity contribution < 1.29 is 4.79 Å². The van der Waals surface area contributed by atoms with Crippen LogP contribution in [0.3, 0.4) is 0 Å². The van der Waals surface area contributed by atoms with Gasteiger partial charge in [0.25, 0.3) is 0 Å². The van der Waals surface area contributed by atoms with Crippen LogP contribution >= 0.6 is 0 Å². The second-order valence-electron chi connectivity index (χ2n) is 5.77. The summed E-state index contributed by atoms with van der Waals surface area (Å²) in [6.45, 7) is 5.98. The number of amides is 1. The van der Waals surface area contributed by atoms with Crippen molar-refractivity contribution in [3.63, 3.8) is 0 Å². The van der Waals surface area contributed by atoms with Crippen molar-refractivity contribution in [2.45, 2.75) is 25.3 Å². The molecule has 21 heavy (non-hydrogen) atoms. The minimum absolute atomic E-state index is 0.117. The minimum Gasteiger partial charge on any atom is -0.301 e. The molecule has 2 rings (SSSR count). The molecule has 2 atom stereocenters. The Balaban J connectivity index is 2.07. The lowest BCUT2D eigenvalue weighted by Crippen LogP contribution is -2.53. The van der Waals surface area contributed by atoms with Crippen molar-refractivity contribution in [3.05, 3.63) is 35.9 Å². The Morgan fingerprint density at radius 2 is 2.10 bits per heavy atom. The van der Waals surface area contributed by atoms with Crippen LogP contribution < -0.4 is 11.3 Å². The van der Waals surface area contributed by atoms with Crippen molar-refractivity contribution in [2.24, 2.45) is 5.84 Å². The van der Waals surface area contributed by atoms with Gasteiger partial charge >= 0.3 is 0 Å². The van der Waals surface area contributed by atoms with Crippen LogP contribution in [-0.2, 0) is 4.79 Å². The fraction of sp³-hybridized carbons (Fsp3) is 0.562. The second-order valence-corrected chi connectivity index (χ2v) is 5.77. The molecule has 1 heterocycles. The molecule has 116 valence electrons. The standard InChI is InChI=1S/C16H26N4O/c1-3-14-11-20(10-9-19(14)2)12-15(16(21)18-17)13-7-5-4-6-8-13/h4-8,14-15H,3,9-12,17H2,1-2H3,(H,18,21). The zero-order valence-electron chi connectivity index (χ0n) is 13.0. The summed E-state index contributed by atoms with van der Waals surface area (Å²) in [5.41, 5.74) is 3.33. The van der Waals surface area contributed by atoms with E-state index in [2.05, 4.69) is 29.2 Å². The van der Waals surface area contributed by atoms with Gasteiger partial charge in [-0.25, -0.2) is 5.84 Å². The third kappa shape index (κ3) is 4.03. The first-order chi connectivity index (χ1) is 10.2. The number of benzene rings is 1. The molecule has 0 aliphatic carbocycles. The lowest BCUT2D eigenvalue weighted by molar-refractivity contribution is -0.123. The van der Waals surface area contributed by atoms with Crippen molar-refractivity contribution in [1.29, 1.82) is 0 Å². The summed E-state index contributed by atoms with van der Waals surface area (Å²) in [4.78, 5) is 16.9. The molecule has 5 nitrogen and oxygen atoms in total. The summed E-state index contributed by atoms with van der Waals surface area (Å²) in [7, 11) is 2.17. The number of rotatable bonds is 5. The molecule has 0 radical (unpaired) electrons.